The van der Waals surface area contributed by atoms with E-state index in [1.165, 1.54) is 6.42 Å². The molecule has 0 aromatic heterocycles. The molecule has 1 aliphatic carbocycles. The number of benzene rings is 2. The molecule has 1 fully saturated rings. The van der Waals surface area contributed by atoms with Gasteiger partial charge in [-0.1, -0.05) is 55.7 Å². The highest BCUT2D eigenvalue weighted by molar-refractivity contribution is 6.13. The van der Waals surface area contributed by atoms with Gasteiger partial charge in [0.25, 0.3) is 11.6 Å². The molecule has 3 aliphatic rings. The SMILES string of the molecule is CN1C(=O)[C@]2(OCc3ccccc3N2C(=O)NC2CCCCC2)c2ccccc21. The van der Waals surface area contributed by atoms with E-state index in [0.717, 1.165) is 42.6 Å². The highest BCUT2D eigenvalue weighted by atomic mass is 16.5. The first kappa shape index (κ1) is 18.2. The van der Waals surface area contributed by atoms with Crippen molar-refractivity contribution in [2.45, 2.75) is 50.5 Å². The Bertz CT molecular complexity index is 969. The standard InChI is InChI=1S/C23H25N3O3/c1-25-20-14-8-6-12-18(20)23(21(25)27)26(19-13-7-5-9-16(19)15-29-23)22(28)24-17-10-3-2-4-11-17/h5-9,12-14,17H,2-4,10-11,15H2,1H3,(H,24,28)/t23-/m1/s1. The first-order valence-electron chi connectivity index (χ1n) is 10.3. The molecule has 1 atom stereocenters. The van der Waals surface area contributed by atoms with Gasteiger partial charge in [-0.25, -0.2) is 4.79 Å². The third kappa shape index (κ3) is 2.66. The van der Waals surface area contributed by atoms with Gasteiger partial charge in [0.2, 0.25) is 0 Å². The number of anilines is 2. The van der Waals surface area contributed by atoms with Crippen LogP contribution >= 0.6 is 0 Å². The highest BCUT2D eigenvalue weighted by Gasteiger charge is 2.59. The van der Waals surface area contributed by atoms with Crippen LogP contribution in [0.4, 0.5) is 16.2 Å². The molecule has 2 aromatic rings. The quantitative estimate of drug-likeness (QED) is 0.802. The van der Waals surface area contributed by atoms with Crippen LogP contribution in [0.25, 0.3) is 0 Å². The van der Waals surface area contributed by atoms with Gasteiger partial charge in [0.1, 0.15) is 0 Å². The predicted octanol–water partition coefficient (Wildman–Crippen LogP) is 3.89. The van der Waals surface area contributed by atoms with Crippen LogP contribution in [-0.2, 0) is 21.9 Å². The lowest BCUT2D eigenvalue weighted by Crippen LogP contribution is -2.62. The molecule has 0 radical (unpaired) electrons. The van der Waals surface area contributed by atoms with Gasteiger partial charge in [0.15, 0.2) is 0 Å². The largest absolute Gasteiger partial charge is 0.338 e. The van der Waals surface area contributed by atoms with E-state index in [2.05, 4.69) is 5.32 Å². The molecule has 6 heteroatoms. The van der Waals surface area contributed by atoms with E-state index < -0.39 is 5.72 Å². The third-order valence-corrected chi connectivity index (χ3v) is 6.34. The van der Waals surface area contributed by atoms with Crippen LogP contribution in [0.15, 0.2) is 48.5 Å². The number of nitrogens with one attached hydrogen (secondary N) is 1. The second-order valence-electron chi connectivity index (χ2n) is 8.06. The summed E-state index contributed by atoms with van der Waals surface area (Å²) in [7, 11) is 1.73. The summed E-state index contributed by atoms with van der Waals surface area (Å²) in [5.41, 5.74) is 1.63. The first-order chi connectivity index (χ1) is 14.1. The minimum atomic E-state index is -1.47. The molecule has 1 spiro atoms. The number of likely N-dealkylation sites (N-methyl/N-ethyl adjacent to an activating group) is 1. The summed E-state index contributed by atoms with van der Waals surface area (Å²) >= 11 is 0. The van der Waals surface area contributed by atoms with Gasteiger partial charge in [-0.3, -0.25) is 9.69 Å². The second kappa shape index (κ2) is 6.88. The van der Waals surface area contributed by atoms with Gasteiger partial charge >= 0.3 is 6.03 Å². The van der Waals surface area contributed by atoms with Crippen LogP contribution in [0.2, 0.25) is 0 Å². The Morgan fingerprint density at radius 2 is 1.72 bits per heavy atom. The summed E-state index contributed by atoms with van der Waals surface area (Å²) < 4.78 is 6.26. The van der Waals surface area contributed by atoms with Gasteiger partial charge in [-0.15, -0.1) is 0 Å². The van der Waals surface area contributed by atoms with E-state index >= 15 is 0 Å². The van der Waals surface area contributed by atoms with E-state index in [0.29, 0.717) is 5.56 Å². The first-order valence-corrected chi connectivity index (χ1v) is 10.3. The number of amides is 3. The number of carbonyl (C=O) groups excluding carboxylic acids is 2. The molecule has 29 heavy (non-hydrogen) atoms. The summed E-state index contributed by atoms with van der Waals surface area (Å²) in [5.74, 6) is -0.244. The molecule has 1 saturated carbocycles. The number of carbonyl (C=O) groups is 2. The van der Waals surface area contributed by atoms with E-state index in [4.69, 9.17) is 4.74 Å². The molecule has 0 unspecified atom stereocenters. The molecule has 3 amide bonds. The highest BCUT2D eigenvalue weighted by Crippen LogP contribution is 2.49. The van der Waals surface area contributed by atoms with Crippen molar-refractivity contribution in [1.29, 1.82) is 0 Å². The van der Waals surface area contributed by atoms with Crippen LogP contribution in [0, 0.1) is 0 Å². The topological polar surface area (TPSA) is 61.9 Å². The lowest BCUT2D eigenvalue weighted by atomic mass is 9.95. The average Bonchev–Trinajstić information content (AvgIpc) is 2.97. The summed E-state index contributed by atoms with van der Waals surface area (Å²) in [5, 5.41) is 3.18. The minimum Gasteiger partial charge on any atom is -0.338 e. The molecule has 0 saturated heterocycles. The van der Waals surface area contributed by atoms with Gasteiger partial charge in [0, 0.05) is 24.2 Å². The number of hydrogen-bond donors (Lipinski definition) is 1. The van der Waals surface area contributed by atoms with E-state index in [1.807, 2.05) is 48.5 Å². The summed E-state index contributed by atoms with van der Waals surface area (Å²) in [4.78, 5) is 30.3. The number of urea groups is 1. The van der Waals surface area contributed by atoms with Crippen LogP contribution in [0.3, 0.4) is 0 Å². The summed E-state index contributed by atoms with van der Waals surface area (Å²) in [6, 6.07) is 15.1. The molecule has 0 bridgehead atoms. The Kier molecular flexibility index (Phi) is 4.32. The third-order valence-electron chi connectivity index (χ3n) is 6.34. The summed E-state index contributed by atoms with van der Waals surface area (Å²) in [6.07, 6.45) is 5.39. The van der Waals surface area contributed by atoms with Crippen molar-refractivity contribution in [1.82, 2.24) is 5.32 Å². The number of para-hydroxylation sites is 2. The van der Waals surface area contributed by atoms with Crippen molar-refractivity contribution in [3.63, 3.8) is 0 Å². The van der Waals surface area contributed by atoms with Crippen molar-refractivity contribution in [2.75, 3.05) is 16.8 Å². The van der Waals surface area contributed by atoms with Crippen LogP contribution in [-0.4, -0.2) is 25.0 Å². The smallest absolute Gasteiger partial charge is 0.325 e. The Labute approximate surface area is 170 Å². The second-order valence-corrected chi connectivity index (χ2v) is 8.06. The maximum absolute atomic E-state index is 13.6. The number of hydrogen-bond acceptors (Lipinski definition) is 3. The zero-order valence-corrected chi connectivity index (χ0v) is 16.6. The van der Waals surface area contributed by atoms with Gasteiger partial charge in [-0.2, -0.15) is 0 Å². The maximum Gasteiger partial charge on any atom is 0.325 e. The Hall–Kier alpha value is -2.86. The van der Waals surface area contributed by atoms with Crippen LogP contribution in [0.5, 0.6) is 0 Å². The molecule has 6 nitrogen and oxygen atoms in total. The molecule has 2 heterocycles. The predicted molar refractivity (Wildman–Crippen MR) is 111 cm³/mol. The molecule has 2 aromatic carbocycles. The van der Waals surface area contributed by atoms with Crippen LogP contribution in [0.1, 0.15) is 43.2 Å². The Balaban J connectivity index is 1.63. The van der Waals surface area contributed by atoms with Crippen molar-refractivity contribution in [3.8, 4) is 0 Å². The Morgan fingerprint density at radius 1 is 1.03 bits per heavy atom. The maximum atomic E-state index is 13.6. The monoisotopic (exact) mass is 391 g/mol. The Morgan fingerprint density at radius 3 is 2.52 bits per heavy atom. The normalized spacial score (nSPS) is 23.8. The molecule has 5 rings (SSSR count). The van der Waals surface area contributed by atoms with Gasteiger partial charge in [0.05, 0.1) is 18.0 Å². The van der Waals surface area contributed by atoms with E-state index in [9.17, 15) is 9.59 Å². The number of ether oxygens (including phenoxy) is 1. The van der Waals surface area contributed by atoms with Crippen molar-refractivity contribution < 1.29 is 14.3 Å². The number of nitrogens with zero attached hydrogens (tertiary/aromatic N) is 2. The van der Waals surface area contributed by atoms with Gasteiger partial charge < -0.3 is 15.0 Å². The van der Waals surface area contributed by atoms with Crippen molar-refractivity contribution >= 4 is 23.3 Å². The molecule has 150 valence electrons. The lowest BCUT2D eigenvalue weighted by Gasteiger charge is -2.44. The fourth-order valence-corrected chi connectivity index (χ4v) is 4.87. The van der Waals surface area contributed by atoms with E-state index in [1.54, 1.807) is 16.8 Å². The van der Waals surface area contributed by atoms with Crippen LogP contribution < -0.4 is 15.1 Å². The van der Waals surface area contributed by atoms with E-state index in [-0.39, 0.29) is 24.6 Å². The lowest BCUT2D eigenvalue weighted by molar-refractivity contribution is -0.146. The van der Waals surface area contributed by atoms with Crippen molar-refractivity contribution in [2.24, 2.45) is 0 Å². The van der Waals surface area contributed by atoms with Crippen molar-refractivity contribution in [3.05, 3.63) is 59.7 Å². The number of rotatable bonds is 1. The fraction of sp³-hybridized carbons (Fsp3) is 0.391. The average molecular weight is 391 g/mol. The van der Waals surface area contributed by atoms with Gasteiger partial charge in [-0.05, 0) is 25.0 Å². The fourth-order valence-electron chi connectivity index (χ4n) is 4.87. The molecular weight excluding hydrogens is 366 g/mol. The molecular formula is C23H25N3O3. The summed E-state index contributed by atoms with van der Waals surface area (Å²) in [6.45, 7) is 0.275. The number of fused-ring (bicyclic) bond motifs is 3. The minimum absolute atomic E-state index is 0.131. The zero-order valence-electron chi connectivity index (χ0n) is 16.6. The molecule has 1 N–H and O–H groups in total. The zero-order chi connectivity index (χ0) is 20.0. The molecule has 2 aliphatic heterocycles.